The predicted molar refractivity (Wildman–Crippen MR) is 143 cm³/mol. The van der Waals surface area contributed by atoms with Crippen molar-refractivity contribution >= 4 is 27.7 Å². The van der Waals surface area contributed by atoms with E-state index >= 15 is 0 Å². The van der Waals surface area contributed by atoms with E-state index in [0.29, 0.717) is 54.4 Å². The fourth-order valence-corrected chi connectivity index (χ4v) is 5.85. The lowest BCUT2D eigenvalue weighted by atomic mass is 9.71. The molecule has 2 aromatic rings. The summed E-state index contributed by atoms with van der Waals surface area (Å²) in [6, 6.07) is 11.5. The van der Waals surface area contributed by atoms with Crippen LogP contribution in [0.25, 0.3) is 0 Å². The summed E-state index contributed by atoms with van der Waals surface area (Å²) in [4.78, 5) is 27.3. The third-order valence-corrected chi connectivity index (χ3v) is 7.79. The molecule has 0 bridgehead atoms. The molecule has 0 unspecified atom stereocenters. The fourth-order valence-electron chi connectivity index (χ4n) is 5.30. The Morgan fingerprint density at radius 1 is 1.11 bits per heavy atom. The number of halogens is 1. The first-order valence-electron chi connectivity index (χ1n) is 12.6. The Morgan fingerprint density at radius 3 is 2.55 bits per heavy atom. The Bertz CT molecular complexity index is 1310. The van der Waals surface area contributed by atoms with Gasteiger partial charge in [0, 0.05) is 40.4 Å². The van der Waals surface area contributed by atoms with Crippen molar-refractivity contribution in [3.05, 3.63) is 74.5 Å². The van der Waals surface area contributed by atoms with E-state index in [1.807, 2.05) is 50.2 Å². The summed E-state index contributed by atoms with van der Waals surface area (Å²) in [6.07, 6.45) is 0.966. The number of nitrogens with one attached hydrogen (secondary N) is 1. The van der Waals surface area contributed by atoms with Gasteiger partial charge >= 0.3 is 5.97 Å². The fraction of sp³-hybridized carbons (Fsp3) is 0.379. The Balaban J connectivity index is 1.54. The molecule has 1 aliphatic carbocycles. The van der Waals surface area contributed by atoms with Crippen molar-refractivity contribution in [1.29, 1.82) is 0 Å². The summed E-state index contributed by atoms with van der Waals surface area (Å²) in [6.45, 7) is 4.81. The van der Waals surface area contributed by atoms with Gasteiger partial charge in [0.2, 0.25) is 6.79 Å². The SMILES string of the molecule is CCOCCOC(=O)C1=C(C)NC2=C(C(=O)C[C@@H](c3ccc(OC)cc3)C2)[C@H]1c1cc2c(cc1Br)OCO2. The molecule has 0 aromatic heterocycles. The highest BCUT2D eigenvalue weighted by atomic mass is 79.9. The molecule has 0 saturated heterocycles. The number of hydrogen-bond acceptors (Lipinski definition) is 8. The van der Waals surface area contributed by atoms with E-state index in [1.165, 1.54) is 0 Å². The molecule has 0 saturated carbocycles. The topological polar surface area (TPSA) is 92.3 Å². The van der Waals surface area contributed by atoms with Gasteiger partial charge in [-0.05, 0) is 61.6 Å². The van der Waals surface area contributed by atoms with Crippen molar-refractivity contribution in [3.8, 4) is 17.2 Å². The van der Waals surface area contributed by atoms with Gasteiger partial charge in [0.05, 0.1) is 19.3 Å². The van der Waals surface area contributed by atoms with Crippen LogP contribution in [0.3, 0.4) is 0 Å². The smallest absolute Gasteiger partial charge is 0.336 e. The molecule has 0 amide bonds. The second-order valence-electron chi connectivity index (χ2n) is 9.35. The van der Waals surface area contributed by atoms with Crippen molar-refractivity contribution in [3.63, 3.8) is 0 Å². The second kappa shape index (κ2) is 11.2. The number of carbonyl (C=O) groups is 2. The zero-order valence-electron chi connectivity index (χ0n) is 21.6. The Morgan fingerprint density at radius 2 is 1.84 bits per heavy atom. The van der Waals surface area contributed by atoms with Gasteiger partial charge in [0.25, 0.3) is 0 Å². The van der Waals surface area contributed by atoms with E-state index in [1.54, 1.807) is 7.11 Å². The van der Waals surface area contributed by atoms with Crippen LogP contribution in [0, 0.1) is 0 Å². The normalized spacial score (nSPS) is 20.3. The highest BCUT2D eigenvalue weighted by Gasteiger charge is 2.42. The van der Waals surface area contributed by atoms with E-state index in [-0.39, 0.29) is 25.1 Å². The summed E-state index contributed by atoms with van der Waals surface area (Å²) < 4.78 is 28.1. The van der Waals surface area contributed by atoms with E-state index in [9.17, 15) is 9.59 Å². The summed E-state index contributed by atoms with van der Waals surface area (Å²) in [7, 11) is 1.63. The summed E-state index contributed by atoms with van der Waals surface area (Å²) in [5, 5.41) is 3.39. The van der Waals surface area contributed by atoms with Gasteiger partial charge in [-0.3, -0.25) is 4.79 Å². The number of methoxy groups -OCH3 is 1. The predicted octanol–water partition coefficient (Wildman–Crippen LogP) is 5.13. The lowest BCUT2D eigenvalue weighted by Crippen LogP contribution is -2.36. The number of hydrogen-bond donors (Lipinski definition) is 1. The molecule has 1 N–H and O–H groups in total. The van der Waals surface area contributed by atoms with Crippen LogP contribution >= 0.6 is 15.9 Å². The van der Waals surface area contributed by atoms with Gasteiger partial charge in [0.15, 0.2) is 17.3 Å². The summed E-state index contributed by atoms with van der Waals surface area (Å²) in [5.41, 5.74) is 4.27. The van der Waals surface area contributed by atoms with E-state index in [4.69, 9.17) is 23.7 Å². The summed E-state index contributed by atoms with van der Waals surface area (Å²) in [5.74, 6) is 0.838. The molecule has 2 atom stereocenters. The van der Waals surface area contributed by atoms with Gasteiger partial charge < -0.3 is 29.0 Å². The number of rotatable bonds is 8. The second-order valence-corrected chi connectivity index (χ2v) is 10.2. The molecular weight excluding hydrogens is 554 g/mol. The molecule has 3 aliphatic rings. The van der Waals surface area contributed by atoms with E-state index < -0.39 is 11.9 Å². The van der Waals surface area contributed by atoms with Crippen LogP contribution in [0.15, 0.2) is 63.4 Å². The lowest BCUT2D eigenvalue weighted by Gasteiger charge is -2.37. The monoisotopic (exact) mass is 583 g/mol. The number of dihydropyridines is 1. The molecule has 5 rings (SSSR count). The average molecular weight is 584 g/mol. The minimum atomic E-state index is -0.626. The van der Waals surface area contributed by atoms with E-state index in [0.717, 1.165) is 27.0 Å². The minimum absolute atomic E-state index is 0.00740. The Hall–Kier alpha value is -3.30. The number of ketones is 1. The number of carbonyl (C=O) groups excluding carboxylic acids is 2. The summed E-state index contributed by atoms with van der Waals surface area (Å²) >= 11 is 3.66. The highest BCUT2D eigenvalue weighted by Crippen LogP contribution is 2.49. The van der Waals surface area contributed by atoms with Crippen molar-refractivity contribution in [2.45, 2.75) is 38.5 Å². The molecule has 200 valence electrons. The van der Waals surface area contributed by atoms with E-state index in [2.05, 4.69) is 21.2 Å². The van der Waals surface area contributed by atoms with Crippen LogP contribution in [0.2, 0.25) is 0 Å². The van der Waals surface area contributed by atoms with Crippen LogP contribution in [-0.2, 0) is 19.1 Å². The lowest BCUT2D eigenvalue weighted by molar-refractivity contribution is -0.140. The van der Waals surface area contributed by atoms with Gasteiger partial charge in [0.1, 0.15) is 12.4 Å². The highest BCUT2D eigenvalue weighted by molar-refractivity contribution is 9.10. The van der Waals surface area contributed by atoms with Crippen molar-refractivity contribution in [1.82, 2.24) is 5.32 Å². The first-order chi connectivity index (χ1) is 18.4. The molecule has 0 spiro atoms. The molecule has 2 aromatic carbocycles. The molecule has 8 nitrogen and oxygen atoms in total. The number of esters is 1. The quantitative estimate of drug-likeness (QED) is 0.338. The van der Waals surface area contributed by atoms with Gasteiger partial charge in [-0.15, -0.1) is 0 Å². The average Bonchev–Trinajstić information content (AvgIpc) is 3.37. The number of ether oxygens (including phenoxy) is 5. The van der Waals surface area contributed by atoms with Crippen molar-refractivity contribution in [2.75, 3.05) is 33.7 Å². The third-order valence-electron chi connectivity index (χ3n) is 7.10. The third kappa shape index (κ3) is 5.05. The standard InChI is InChI=1S/C29H30BrNO7/c1-4-35-9-10-36-29(33)26-16(2)31-22-11-18(17-5-7-19(34-3)8-6-17)12-23(32)28(22)27(26)20-13-24-25(14-21(20)30)38-15-37-24/h5-8,13-14,18,27,31H,4,9-12,15H2,1-3H3/t18-,27-/m0/s1. The maximum absolute atomic E-state index is 13.8. The van der Waals surface area contributed by atoms with Gasteiger partial charge in [-0.25, -0.2) is 4.79 Å². The maximum Gasteiger partial charge on any atom is 0.336 e. The largest absolute Gasteiger partial charge is 0.497 e. The zero-order chi connectivity index (χ0) is 26.8. The molecule has 0 radical (unpaired) electrons. The zero-order valence-corrected chi connectivity index (χ0v) is 23.2. The van der Waals surface area contributed by atoms with Crippen LogP contribution in [0.1, 0.15) is 49.7 Å². The number of Topliss-reactive ketones (excluding diaryl/α,β-unsaturated/α-hetero) is 1. The van der Waals surface area contributed by atoms with Crippen LogP contribution < -0.4 is 19.5 Å². The van der Waals surface area contributed by atoms with Crippen molar-refractivity contribution in [2.24, 2.45) is 0 Å². The molecule has 2 heterocycles. The number of benzene rings is 2. The first kappa shape index (κ1) is 26.3. The maximum atomic E-state index is 13.8. The Kier molecular flexibility index (Phi) is 7.76. The van der Waals surface area contributed by atoms with Crippen LogP contribution in [0.4, 0.5) is 0 Å². The van der Waals surface area contributed by atoms with Crippen LogP contribution in [-0.4, -0.2) is 45.5 Å². The number of allylic oxidation sites excluding steroid dienone is 3. The van der Waals surface area contributed by atoms with Gasteiger partial charge in [-0.2, -0.15) is 0 Å². The van der Waals surface area contributed by atoms with Gasteiger partial charge in [-0.1, -0.05) is 28.1 Å². The first-order valence-corrected chi connectivity index (χ1v) is 13.4. The molecular formula is C29H30BrNO7. The van der Waals surface area contributed by atoms with Crippen LogP contribution in [0.5, 0.6) is 17.2 Å². The molecule has 38 heavy (non-hydrogen) atoms. The Labute approximate surface area is 230 Å². The number of fused-ring (bicyclic) bond motifs is 1. The minimum Gasteiger partial charge on any atom is -0.497 e. The molecule has 9 heteroatoms. The molecule has 2 aliphatic heterocycles. The molecule has 0 fully saturated rings. The van der Waals surface area contributed by atoms with Crippen molar-refractivity contribution < 1.29 is 33.3 Å².